The number of anilines is 3. The van der Waals surface area contributed by atoms with Gasteiger partial charge in [-0.3, -0.25) is 8.80 Å². The average Bonchev–Trinajstić information content (AvgIpc) is 3.88. The molecule has 0 unspecified atom stereocenters. The van der Waals surface area contributed by atoms with E-state index in [1.54, 1.807) is 0 Å². The Bertz CT molecular complexity index is 2980. The summed E-state index contributed by atoms with van der Waals surface area (Å²) in [5.74, 6) is 0. The number of benzene rings is 8. The number of hydrogen-bond donors (Lipinski definition) is 0. The van der Waals surface area contributed by atoms with E-state index in [-0.39, 0.29) is 0 Å². The van der Waals surface area contributed by atoms with Crippen molar-refractivity contribution in [2.24, 2.45) is 0 Å². The third-order valence-electron chi connectivity index (χ3n) is 11.4. The zero-order chi connectivity index (χ0) is 35.6. The van der Waals surface area contributed by atoms with Gasteiger partial charge in [0.1, 0.15) is 5.65 Å². The normalized spacial score (nSPS) is 12.1. The van der Waals surface area contributed by atoms with Crippen molar-refractivity contribution < 1.29 is 0 Å². The first-order valence-corrected chi connectivity index (χ1v) is 20.6. The number of fused-ring (bicyclic) bond motifs is 9. The van der Waals surface area contributed by atoms with Crippen LogP contribution in [0.2, 0.25) is 0 Å². The highest BCUT2D eigenvalue weighted by molar-refractivity contribution is 7.19. The van der Waals surface area contributed by atoms with Gasteiger partial charge in [-0.05, 0) is 75.3 Å². The molecule has 11 rings (SSSR count). The van der Waals surface area contributed by atoms with Crippen molar-refractivity contribution in [1.29, 1.82) is 0 Å². The van der Waals surface area contributed by atoms with Crippen LogP contribution in [0.1, 0.15) is 0 Å². The van der Waals surface area contributed by atoms with Gasteiger partial charge in [0, 0.05) is 33.2 Å². The Morgan fingerprint density at radius 3 is 1.30 bits per heavy atom. The first-order chi connectivity index (χ1) is 26.8. The first-order valence-electron chi connectivity index (χ1n) is 18.6. The van der Waals surface area contributed by atoms with Crippen LogP contribution in [-0.2, 0) is 0 Å². The van der Waals surface area contributed by atoms with Crippen LogP contribution < -0.4 is 25.6 Å². The predicted octanol–water partition coefficient (Wildman–Crippen LogP) is 9.94. The Morgan fingerprint density at radius 2 is 0.722 bits per heavy atom. The summed E-state index contributed by atoms with van der Waals surface area (Å²) in [5.41, 5.74) is 9.51. The summed E-state index contributed by atoms with van der Waals surface area (Å²) in [4.78, 5) is 2.40. The van der Waals surface area contributed by atoms with Crippen LogP contribution in [0.4, 0.5) is 17.1 Å². The molecule has 0 amide bonds. The lowest BCUT2D eigenvalue weighted by atomic mass is 10.1. The van der Waals surface area contributed by atoms with Crippen molar-refractivity contribution in [3.8, 4) is 0 Å². The molecule has 0 aliphatic rings. The molecule has 11 aromatic rings. The van der Waals surface area contributed by atoms with Crippen LogP contribution in [0.25, 0.3) is 43.9 Å². The van der Waals surface area contributed by atoms with Crippen LogP contribution in [0.3, 0.4) is 0 Å². The molecule has 254 valence electrons. The molecule has 3 aromatic heterocycles. The van der Waals surface area contributed by atoms with Gasteiger partial charge in [0.2, 0.25) is 0 Å². The van der Waals surface area contributed by atoms with Gasteiger partial charge in [0.05, 0.1) is 22.1 Å². The predicted molar refractivity (Wildman–Crippen MR) is 230 cm³/mol. The monoisotopic (exact) mass is 705 g/mol. The minimum Gasteiger partial charge on any atom is -0.310 e. The van der Waals surface area contributed by atoms with E-state index in [9.17, 15) is 0 Å². The van der Waals surface area contributed by atoms with E-state index in [1.807, 2.05) is 0 Å². The topological polar surface area (TPSA) is 12.1 Å². The quantitative estimate of drug-likeness (QED) is 0.119. The number of imidazole rings is 1. The summed E-state index contributed by atoms with van der Waals surface area (Å²) in [7, 11) is -2.65. The zero-order valence-electron chi connectivity index (χ0n) is 29.5. The number of hydrogen-bond acceptors (Lipinski definition) is 1. The summed E-state index contributed by atoms with van der Waals surface area (Å²) < 4.78 is 4.91. The lowest BCUT2D eigenvalue weighted by Crippen LogP contribution is -2.74. The highest BCUT2D eigenvalue weighted by atomic mass is 28.3. The van der Waals surface area contributed by atoms with Crippen LogP contribution in [0, 0.1) is 0 Å². The van der Waals surface area contributed by atoms with E-state index in [0.717, 1.165) is 17.1 Å². The van der Waals surface area contributed by atoms with Gasteiger partial charge in [-0.25, -0.2) is 0 Å². The summed E-state index contributed by atoms with van der Waals surface area (Å²) >= 11 is 0. The Balaban J connectivity index is 1.13. The SMILES string of the molecule is c1ccc(N(c2ccc([Si](c3ccccc3)(c3ccccc3)c3ccccc3)cc2)c2ccc3c4c5ccccc5n5c6ccccc6n(c3c2)c45)cc1. The maximum absolute atomic E-state index is 2.65. The molecule has 0 atom stereocenters. The molecule has 54 heavy (non-hydrogen) atoms. The lowest BCUT2D eigenvalue weighted by Gasteiger charge is -2.35. The van der Waals surface area contributed by atoms with Crippen molar-refractivity contribution in [2.45, 2.75) is 0 Å². The van der Waals surface area contributed by atoms with Crippen molar-refractivity contribution in [3.05, 3.63) is 212 Å². The molecule has 3 nitrogen and oxygen atoms in total. The van der Waals surface area contributed by atoms with E-state index in [0.29, 0.717) is 0 Å². The van der Waals surface area contributed by atoms with Crippen molar-refractivity contribution in [3.63, 3.8) is 0 Å². The second-order valence-corrected chi connectivity index (χ2v) is 18.0. The summed E-state index contributed by atoms with van der Waals surface area (Å²) in [6.07, 6.45) is 0. The molecule has 0 N–H and O–H groups in total. The first kappa shape index (κ1) is 30.7. The molecule has 0 fully saturated rings. The Hall–Kier alpha value is -6.88. The highest BCUT2D eigenvalue weighted by Gasteiger charge is 2.41. The molecule has 4 heteroatoms. The smallest absolute Gasteiger partial charge is 0.179 e. The summed E-state index contributed by atoms with van der Waals surface area (Å²) in [6.45, 7) is 0. The zero-order valence-corrected chi connectivity index (χ0v) is 30.5. The van der Waals surface area contributed by atoms with Gasteiger partial charge in [-0.15, -0.1) is 0 Å². The molecule has 0 saturated carbocycles. The van der Waals surface area contributed by atoms with Crippen molar-refractivity contribution in [2.75, 3.05) is 4.90 Å². The number of aromatic nitrogens is 2. The summed E-state index contributed by atoms with van der Waals surface area (Å²) in [5, 5.41) is 9.33. The molecular weight excluding hydrogens is 671 g/mol. The molecule has 0 aliphatic heterocycles. The minimum atomic E-state index is -2.65. The molecule has 0 spiro atoms. The maximum Gasteiger partial charge on any atom is 0.179 e. The van der Waals surface area contributed by atoms with Gasteiger partial charge >= 0.3 is 0 Å². The van der Waals surface area contributed by atoms with E-state index in [4.69, 9.17) is 0 Å². The Labute approximate surface area is 314 Å². The number of nitrogens with zero attached hydrogens (tertiary/aromatic N) is 3. The van der Waals surface area contributed by atoms with Gasteiger partial charge in [0.25, 0.3) is 0 Å². The van der Waals surface area contributed by atoms with E-state index >= 15 is 0 Å². The van der Waals surface area contributed by atoms with Crippen LogP contribution >= 0.6 is 0 Å². The maximum atomic E-state index is 2.47. The molecule has 8 aromatic carbocycles. The fourth-order valence-corrected chi connectivity index (χ4v) is 13.9. The van der Waals surface area contributed by atoms with E-state index in [2.05, 4.69) is 226 Å². The van der Waals surface area contributed by atoms with Crippen molar-refractivity contribution in [1.82, 2.24) is 8.80 Å². The van der Waals surface area contributed by atoms with Gasteiger partial charge in [0.15, 0.2) is 8.07 Å². The van der Waals surface area contributed by atoms with E-state index < -0.39 is 8.07 Å². The molecular formula is C50H35N3Si. The standard InChI is InChI=1S/C50H35N3Si/c1-5-17-36(18-6-1)51(38-31-34-44-48(35-38)53-47-28-16-15-27-46(47)52-45-26-14-13-25-43(45)49(44)50(52)53)37-29-32-42(33-30-37)54(39-19-7-2-8-20-39,40-21-9-3-10-22-40)41-23-11-4-12-24-41/h1-35H. The molecule has 0 radical (unpaired) electrons. The third kappa shape index (κ3) is 4.35. The average molecular weight is 706 g/mol. The van der Waals surface area contributed by atoms with Gasteiger partial charge in [-0.2, -0.15) is 0 Å². The third-order valence-corrected chi connectivity index (χ3v) is 16.2. The Morgan fingerprint density at radius 1 is 0.315 bits per heavy atom. The van der Waals surface area contributed by atoms with Crippen molar-refractivity contribution >= 4 is 89.8 Å². The van der Waals surface area contributed by atoms with E-state index in [1.165, 1.54) is 64.6 Å². The molecule has 0 bridgehead atoms. The van der Waals surface area contributed by atoms with Gasteiger partial charge in [-0.1, -0.05) is 158 Å². The fraction of sp³-hybridized carbons (Fsp3) is 0. The second kappa shape index (κ2) is 12.1. The number of rotatable bonds is 7. The Kier molecular flexibility index (Phi) is 6.88. The van der Waals surface area contributed by atoms with Gasteiger partial charge < -0.3 is 4.90 Å². The van der Waals surface area contributed by atoms with Crippen LogP contribution in [-0.4, -0.2) is 16.9 Å². The lowest BCUT2D eigenvalue weighted by molar-refractivity contribution is 1.27. The summed E-state index contributed by atoms with van der Waals surface area (Å²) in [6, 6.07) is 78.2. The number of para-hydroxylation sites is 4. The van der Waals surface area contributed by atoms with Crippen LogP contribution in [0.15, 0.2) is 212 Å². The fourth-order valence-electron chi connectivity index (χ4n) is 9.15. The molecule has 0 aliphatic carbocycles. The molecule has 0 saturated heterocycles. The second-order valence-electron chi connectivity index (χ2n) is 14.1. The largest absolute Gasteiger partial charge is 0.310 e. The highest BCUT2D eigenvalue weighted by Crippen LogP contribution is 2.43. The minimum absolute atomic E-state index is 1.12. The van der Waals surface area contributed by atoms with Crippen LogP contribution in [0.5, 0.6) is 0 Å². The molecule has 3 heterocycles.